The molecule has 1 aliphatic rings. The molecule has 1 aliphatic carbocycles. The summed E-state index contributed by atoms with van der Waals surface area (Å²) in [5.74, 6) is 1.89. The summed E-state index contributed by atoms with van der Waals surface area (Å²) in [6.07, 6.45) is 8.75. The molecular weight excluding hydrogens is 753 g/mol. The second-order valence-corrected chi connectivity index (χ2v) is 15.8. The summed E-state index contributed by atoms with van der Waals surface area (Å²) in [6.45, 7) is 13.1. The predicted octanol–water partition coefficient (Wildman–Crippen LogP) is 16.1. The van der Waals surface area contributed by atoms with Crippen LogP contribution in [-0.4, -0.2) is 15.0 Å². The molecule has 0 atom stereocenters. The van der Waals surface area contributed by atoms with Gasteiger partial charge in [0.25, 0.3) is 0 Å². The monoisotopic (exact) mass is 806 g/mol. The van der Waals surface area contributed by atoms with Crippen LogP contribution in [0, 0.1) is 0 Å². The molecule has 9 rings (SSSR count). The van der Waals surface area contributed by atoms with Crippen LogP contribution in [0.1, 0.15) is 71.1 Å². The number of hydrogen-bond acceptors (Lipinski definition) is 4. The van der Waals surface area contributed by atoms with Crippen molar-refractivity contribution in [3.8, 4) is 56.4 Å². The van der Waals surface area contributed by atoms with Crippen molar-refractivity contribution in [2.75, 3.05) is 4.90 Å². The first-order valence-electron chi connectivity index (χ1n) is 22.0. The maximum atomic E-state index is 5.18. The third-order valence-corrected chi connectivity index (χ3v) is 11.5. The van der Waals surface area contributed by atoms with Crippen LogP contribution in [0.5, 0.6) is 0 Å². The maximum Gasteiger partial charge on any atom is 0.164 e. The first-order chi connectivity index (χ1) is 30.4. The predicted molar refractivity (Wildman–Crippen MR) is 263 cm³/mol. The zero-order chi connectivity index (χ0) is 43.1. The molecule has 0 spiro atoms. The average Bonchev–Trinajstić information content (AvgIpc) is 3.57. The van der Waals surface area contributed by atoms with Crippen LogP contribution < -0.4 is 4.90 Å². The van der Waals surface area contributed by atoms with Gasteiger partial charge in [-0.25, -0.2) is 15.0 Å². The van der Waals surface area contributed by atoms with E-state index in [2.05, 4.69) is 190 Å². The van der Waals surface area contributed by atoms with Gasteiger partial charge < -0.3 is 4.90 Å². The Bertz CT molecular complexity index is 2810. The number of rotatable bonds is 11. The summed E-state index contributed by atoms with van der Waals surface area (Å²) in [4.78, 5) is 17.8. The number of aromatic nitrogens is 3. The molecule has 0 fully saturated rings. The average molecular weight is 807 g/mol. The van der Waals surface area contributed by atoms with Crippen molar-refractivity contribution >= 4 is 22.6 Å². The van der Waals surface area contributed by atoms with Gasteiger partial charge in [0.2, 0.25) is 0 Å². The summed E-state index contributed by atoms with van der Waals surface area (Å²) in [6, 6.07) is 62.4. The summed E-state index contributed by atoms with van der Waals surface area (Å²) in [5.41, 5.74) is 15.7. The largest absolute Gasteiger partial charge is 0.310 e. The van der Waals surface area contributed by atoms with Crippen LogP contribution in [-0.2, 0) is 5.41 Å². The Kier molecular flexibility index (Phi) is 12.5. The molecule has 1 heterocycles. The van der Waals surface area contributed by atoms with Gasteiger partial charge in [0, 0.05) is 39.0 Å². The van der Waals surface area contributed by atoms with Gasteiger partial charge in [-0.2, -0.15) is 0 Å². The van der Waals surface area contributed by atoms with Crippen molar-refractivity contribution in [2.24, 2.45) is 0 Å². The molecule has 0 saturated carbocycles. The number of fused-ring (bicyclic) bond motifs is 3. The Morgan fingerprint density at radius 2 is 1.03 bits per heavy atom. The van der Waals surface area contributed by atoms with Gasteiger partial charge >= 0.3 is 0 Å². The second kappa shape index (κ2) is 18.6. The quantitative estimate of drug-likeness (QED) is 0.122. The van der Waals surface area contributed by atoms with Crippen LogP contribution >= 0.6 is 0 Å². The van der Waals surface area contributed by atoms with E-state index in [1.807, 2.05) is 50.2 Å². The van der Waals surface area contributed by atoms with Crippen LogP contribution in [0.2, 0.25) is 0 Å². The maximum absolute atomic E-state index is 5.18. The Hall–Kier alpha value is -7.17. The first kappa shape index (κ1) is 41.6. The van der Waals surface area contributed by atoms with Gasteiger partial charge in [-0.1, -0.05) is 205 Å². The lowest BCUT2D eigenvalue weighted by Crippen LogP contribution is -2.17. The molecule has 0 unspecified atom stereocenters. The number of para-hydroxylation sites is 1. The Balaban J connectivity index is 0.00000261. The number of anilines is 3. The number of benzene rings is 7. The zero-order valence-electron chi connectivity index (χ0n) is 36.7. The standard InChI is InChI=1S/C56H48N4.C2H6/c1-5-7-22-39(21-6-2)42-27-20-28-43(37-42)60(44-35-36-47-46-30-16-18-33-50(46)56(3,4)51(47)38-44)52-34-19-17-31-48(52)45-29-14-15-32-49(45)55-58-53(40-23-10-8-11-24-40)57-54(59-55)41-25-12-9-13-26-41;1-2/h7-38H,5-6H2,1-4H3;1-2H3/b22-7-,39-21+;. The first-order valence-corrected chi connectivity index (χ1v) is 22.0. The van der Waals surface area contributed by atoms with Crippen molar-refractivity contribution in [3.63, 3.8) is 0 Å². The van der Waals surface area contributed by atoms with Crippen molar-refractivity contribution < 1.29 is 0 Å². The van der Waals surface area contributed by atoms with Gasteiger partial charge in [-0.3, -0.25) is 0 Å². The molecular formula is C58H54N4. The smallest absolute Gasteiger partial charge is 0.164 e. The minimum Gasteiger partial charge on any atom is -0.310 e. The van der Waals surface area contributed by atoms with E-state index < -0.39 is 0 Å². The topological polar surface area (TPSA) is 41.9 Å². The summed E-state index contributed by atoms with van der Waals surface area (Å²) in [7, 11) is 0. The van der Waals surface area contributed by atoms with E-state index in [1.165, 1.54) is 33.4 Å². The van der Waals surface area contributed by atoms with Gasteiger partial charge in [0.15, 0.2) is 17.5 Å². The SMILES string of the molecule is CC.CC/C=C\C(=C/CC)c1cccc(N(c2ccc3c(c2)C(C)(C)c2ccccc2-3)c2ccccc2-c2ccccc2-c2nc(-c3ccccc3)nc(-c3ccccc3)n2)c1. The minimum absolute atomic E-state index is 0.158. The van der Waals surface area contributed by atoms with Gasteiger partial charge in [-0.05, 0) is 82.1 Å². The van der Waals surface area contributed by atoms with Gasteiger partial charge in [0.05, 0.1) is 5.69 Å². The zero-order valence-corrected chi connectivity index (χ0v) is 36.7. The molecule has 8 aromatic rings. The Labute approximate surface area is 368 Å². The van der Waals surface area contributed by atoms with Crippen LogP contribution in [0.3, 0.4) is 0 Å². The highest BCUT2D eigenvalue weighted by molar-refractivity contribution is 5.95. The summed E-state index contributed by atoms with van der Waals surface area (Å²) >= 11 is 0. The lowest BCUT2D eigenvalue weighted by molar-refractivity contribution is 0.660. The molecule has 4 heteroatoms. The minimum atomic E-state index is -0.158. The Morgan fingerprint density at radius 1 is 0.484 bits per heavy atom. The van der Waals surface area contributed by atoms with E-state index in [4.69, 9.17) is 15.0 Å². The Morgan fingerprint density at radius 3 is 1.69 bits per heavy atom. The van der Waals surface area contributed by atoms with Crippen LogP contribution in [0.4, 0.5) is 17.1 Å². The molecule has 62 heavy (non-hydrogen) atoms. The van der Waals surface area contributed by atoms with E-state index in [0.717, 1.165) is 57.7 Å². The fourth-order valence-corrected chi connectivity index (χ4v) is 8.57. The molecule has 0 aliphatic heterocycles. The fraction of sp³-hybridized carbons (Fsp3) is 0.155. The normalized spacial score (nSPS) is 12.6. The van der Waals surface area contributed by atoms with E-state index in [1.54, 1.807) is 0 Å². The molecule has 0 saturated heterocycles. The van der Waals surface area contributed by atoms with Crippen LogP contribution in [0.15, 0.2) is 194 Å². The van der Waals surface area contributed by atoms with Crippen molar-refractivity contribution in [3.05, 3.63) is 211 Å². The van der Waals surface area contributed by atoms with E-state index in [0.29, 0.717) is 17.5 Å². The van der Waals surface area contributed by atoms with E-state index in [9.17, 15) is 0 Å². The second-order valence-electron chi connectivity index (χ2n) is 15.8. The lowest BCUT2D eigenvalue weighted by atomic mass is 9.82. The molecule has 4 nitrogen and oxygen atoms in total. The van der Waals surface area contributed by atoms with E-state index in [-0.39, 0.29) is 5.41 Å². The molecule has 0 radical (unpaired) electrons. The van der Waals surface area contributed by atoms with Crippen molar-refractivity contribution in [1.82, 2.24) is 15.0 Å². The lowest BCUT2D eigenvalue weighted by Gasteiger charge is -2.30. The molecule has 306 valence electrons. The van der Waals surface area contributed by atoms with Gasteiger partial charge in [0.1, 0.15) is 0 Å². The number of hydrogen-bond donors (Lipinski definition) is 0. The molecule has 0 N–H and O–H groups in total. The number of nitrogens with zero attached hydrogens (tertiary/aromatic N) is 4. The summed E-state index contributed by atoms with van der Waals surface area (Å²) < 4.78 is 0. The summed E-state index contributed by atoms with van der Waals surface area (Å²) in [5, 5.41) is 0. The van der Waals surface area contributed by atoms with Crippen molar-refractivity contribution in [1.29, 1.82) is 0 Å². The highest BCUT2D eigenvalue weighted by atomic mass is 15.1. The molecule has 1 aromatic heterocycles. The molecule has 0 amide bonds. The fourth-order valence-electron chi connectivity index (χ4n) is 8.57. The third-order valence-electron chi connectivity index (χ3n) is 11.5. The third kappa shape index (κ3) is 8.17. The number of allylic oxidation sites excluding steroid dienone is 4. The highest BCUT2D eigenvalue weighted by Gasteiger charge is 2.36. The highest BCUT2D eigenvalue weighted by Crippen LogP contribution is 2.51. The molecule has 7 aromatic carbocycles. The van der Waals surface area contributed by atoms with Crippen LogP contribution in [0.25, 0.3) is 62.0 Å². The van der Waals surface area contributed by atoms with Crippen molar-refractivity contribution in [2.45, 2.75) is 59.8 Å². The molecule has 0 bridgehead atoms. The van der Waals surface area contributed by atoms with E-state index >= 15 is 0 Å². The van der Waals surface area contributed by atoms with Gasteiger partial charge in [-0.15, -0.1) is 0 Å².